The van der Waals surface area contributed by atoms with Crippen LogP contribution in [0.4, 0.5) is 10.6 Å². The molecule has 2 heterocycles. The van der Waals surface area contributed by atoms with E-state index in [2.05, 4.69) is 25.8 Å². The molecule has 2 aromatic rings. The van der Waals surface area contributed by atoms with E-state index in [1.165, 1.54) is 11.3 Å². The van der Waals surface area contributed by atoms with Crippen LogP contribution in [-0.4, -0.2) is 39.3 Å². The van der Waals surface area contributed by atoms with Crippen LogP contribution in [0.2, 0.25) is 0 Å². The van der Waals surface area contributed by atoms with Gasteiger partial charge in [-0.1, -0.05) is 6.92 Å². The number of rotatable bonds is 7. The molecular weight excluding hydrogens is 378 g/mol. The molecule has 152 valence electrons. The Kier molecular flexibility index (Phi) is 6.66. The van der Waals surface area contributed by atoms with E-state index in [0.29, 0.717) is 5.82 Å². The molecule has 0 spiro atoms. The number of hydrogen-bond donors (Lipinski definition) is 3. The van der Waals surface area contributed by atoms with Crippen LogP contribution in [0.5, 0.6) is 0 Å². The van der Waals surface area contributed by atoms with Crippen LogP contribution in [0, 0.1) is 6.92 Å². The van der Waals surface area contributed by atoms with E-state index < -0.39 is 0 Å². The number of H-pyrrole nitrogens is 1. The van der Waals surface area contributed by atoms with E-state index in [0.717, 1.165) is 42.1 Å². The van der Waals surface area contributed by atoms with Crippen molar-refractivity contribution in [3.8, 4) is 0 Å². The predicted molar refractivity (Wildman–Crippen MR) is 108 cm³/mol. The van der Waals surface area contributed by atoms with Crippen LogP contribution in [0.1, 0.15) is 61.8 Å². The first-order chi connectivity index (χ1) is 13.4. The highest BCUT2D eigenvalue weighted by Gasteiger charge is 2.30. The second kappa shape index (κ2) is 9.18. The predicted octanol–water partition coefficient (Wildman–Crippen LogP) is 3.52. The first kappa shape index (κ1) is 20.3. The third kappa shape index (κ3) is 5.54. The Balaban J connectivity index is 1.47. The summed E-state index contributed by atoms with van der Waals surface area (Å²) in [5.41, 5.74) is 1.87. The molecule has 1 aliphatic carbocycles. The van der Waals surface area contributed by atoms with Gasteiger partial charge < -0.3 is 15.4 Å². The number of aryl methyl sites for hydroxylation is 1. The number of hydrogen-bond acceptors (Lipinski definition) is 6. The molecule has 1 saturated carbocycles. The Labute approximate surface area is 168 Å². The maximum atomic E-state index is 12.1. The summed E-state index contributed by atoms with van der Waals surface area (Å²) >= 11 is 1.48. The third-order valence-corrected chi connectivity index (χ3v) is 5.88. The number of ether oxygens (including phenoxy) is 1. The molecule has 3 N–H and O–H groups in total. The standard InChI is InChI=1S/C19H27N5O3S/c1-4-11(2)21-19(26)27-14-6-5-13(7-14)15-8-16(24-23-15)22-17(25)9-18-20-12(3)10-28-18/h8,10-11,13-14H,4-7,9H2,1-3H3,(H,21,26)(H2,22,23,24,25)/t11-,13-,14+/m0/s1. The molecule has 1 aliphatic rings. The molecule has 2 aromatic heterocycles. The highest BCUT2D eigenvalue weighted by molar-refractivity contribution is 7.09. The normalized spacial score (nSPS) is 20.0. The molecule has 1 fully saturated rings. The average molecular weight is 406 g/mol. The van der Waals surface area contributed by atoms with Gasteiger partial charge in [-0.15, -0.1) is 11.3 Å². The van der Waals surface area contributed by atoms with Crippen molar-refractivity contribution in [2.75, 3.05) is 5.32 Å². The minimum Gasteiger partial charge on any atom is -0.446 e. The second-order valence-electron chi connectivity index (χ2n) is 7.31. The Morgan fingerprint density at radius 2 is 2.25 bits per heavy atom. The molecule has 0 unspecified atom stereocenters. The first-order valence-corrected chi connectivity index (χ1v) is 10.5. The summed E-state index contributed by atoms with van der Waals surface area (Å²) in [5.74, 6) is 0.607. The minimum atomic E-state index is -0.352. The smallest absolute Gasteiger partial charge is 0.407 e. The van der Waals surface area contributed by atoms with Gasteiger partial charge in [-0.2, -0.15) is 5.10 Å². The molecule has 3 rings (SSSR count). The zero-order valence-electron chi connectivity index (χ0n) is 16.4. The summed E-state index contributed by atoms with van der Waals surface area (Å²) in [6.07, 6.45) is 3.15. The Morgan fingerprint density at radius 1 is 1.43 bits per heavy atom. The quantitative estimate of drug-likeness (QED) is 0.653. The van der Waals surface area contributed by atoms with Gasteiger partial charge in [-0.05, 0) is 39.5 Å². The summed E-state index contributed by atoms with van der Waals surface area (Å²) in [6.45, 7) is 5.88. The summed E-state index contributed by atoms with van der Waals surface area (Å²) in [6, 6.07) is 1.97. The van der Waals surface area contributed by atoms with Crippen molar-refractivity contribution < 1.29 is 14.3 Å². The van der Waals surface area contributed by atoms with E-state index in [1.807, 2.05) is 32.2 Å². The fraction of sp³-hybridized carbons (Fsp3) is 0.579. The lowest BCUT2D eigenvalue weighted by Crippen LogP contribution is -2.34. The second-order valence-corrected chi connectivity index (χ2v) is 8.25. The van der Waals surface area contributed by atoms with Gasteiger partial charge in [-0.25, -0.2) is 9.78 Å². The van der Waals surface area contributed by atoms with Crippen molar-refractivity contribution in [2.45, 2.75) is 70.9 Å². The van der Waals surface area contributed by atoms with Crippen LogP contribution in [0.25, 0.3) is 0 Å². The number of amides is 2. The maximum Gasteiger partial charge on any atom is 0.407 e. The fourth-order valence-electron chi connectivity index (χ4n) is 3.24. The molecule has 0 aromatic carbocycles. The van der Waals surface area contributed by atoms with E-state index >= 15 is 0 Å². The van der Waals surface area contributed by atoms with Crippen molar-refractivity contribution in [1.29, 1.82) is 0 Å². The summed E-state index contributed by atoms with van der Waals surface area (Å²) in [5, 5.41) is 15.5. The monoisotopic (exact) mass is 405 g/mol. The van der Waals surface area contributed by atoms with Crippen LogP contribution >= 0.6 is 11.3 Å². The number of nitrogens with zero attached hydrogens (tertiary/aromatic N) is 2. The number of anilines is 1. The highest BCUT2D eigenvalue weighted by atomic mass is 32.1. The van der Waals surface area contributed by atoms with E-state index in [9.17, 15) is 9.59 Å². The van der Waals surface area contributed by atoms with Crippen molar-refractivity contribution in [3.63, 3.8) is 0 Å². The van der Waals surface area contributed by atoms with E-state index in [1.54, 1.807) is 0 Å². The molecule has 0 saturated heterocycles. The van der Waals surface area contributed by atoms with Gasteiger partial charge in [0.15, 0.2) is 5.82 Å². The van der Waals surface area contributed by atoms with Crippen LogP contribution in [0.3, 0.4) is 0 Å². The molecule has 0 bridgehead atoms. The molecule has 8 nitrogen and oxygen atoms in total. The lowest BCUT2D eigenvalue weighted by molar-refractivity contribution is -0.115. The number of aromatic nitrogens is 3. The molecule has 0 aliphatic heterocycles. The van der Waals surface area contributed by atoms with Gasteiger partial charge in [0.1, 0.15) is 11.1 Å². The van der Waals surface area contributed by atoms with E-state index in [4.69, 9.17) is 4.74 Å². The van der Waals surface area contributed by atoms with Crippen molar-refractivity contribution in [2.24, 2.45) is 0 Å². The summed E-state index contributed by atoms with van der Waals surface area (Å²) in [4.78, 5) is 28.3. The van der Waals surface area contributed by atoms with Crippen LogP contribution in [0.15, 0.2) is 11.4 Å². The van der Waals surface area contributed by atoms with Gasteiger partial charge in [0, 0.05) is 34.8 Å². The fourth-order valence-corrected chi connectivity index (χ4v) is 4.01. The molecule has 28 heavy (non-hydrogen) atoms. The Bertz CT molecular complexity index is 818. The molecule has 0 radical (unpaired) electrons. The molecule has 9 heteroatoms. The molecule has 2 amide bonds. The summed E-state index contributed by atoms with van der Waals surface area (Å²) in [7, 11) is 0. The SMILES string of the molecule is CC[C@H](C)NC(=O)O[C@@H]1CC[C@H](c2cc(NC(=O)Cc3nc(C)cs3)n[nH]2)C1. The number of carbonyl (C=O) groups excluding carboxylic acids is 2. The van der Waals surface area contributed by atoms with Gasteiger partial charge >= 0.3 is 6.09 Å². The largest absolute Gasteiger partial charge is 0.446 e. The summed E-state index contributed by atoms with van der Waals surface area (Å²) < 4.78 is 5.52. The molecule has 3 atom stereocenters. The van der Waals surface area contributed by atoms with Crippen molar-refractivity contribution >= 4 is 29.2 Å². The number of nitrogens with one attached hydrogen (secondary N) is 3. The zero-order valence-corrected chi connectivity index (χ0v) is 17.3. The first-order valence-electron chi connectivity index (χ1n) is 9.66. The minimum absolute atomic E-state index is 0.0939. The Morgan fingerprint density at radius 3 is 2.96 bits per heavy atom. The zero-order chi connectivity index (χ0) is 20.1. The molecular formula is C19H27N5O3S. The van der Waals surface area contributed by atoms with Crippen LogP contribution < -0.4 is 10.6 Å². The van der Waals surface area contributed by atoms with E-state index in [-0.39, 0.29) is 36.5 Å². The topological polar surface area (TPSA) is 109 Å². The lowest BCUT2D eigenvalue weighted by Gasteiger charge is -2.16. The van der Waals surface area contributed by atoms with Gasteiger partial charge in [0.25, 0.3) is 0 Å². The van der Waals surface area contributed by atoms with Crippen molar-refractivity contribution in [1.82, 2.24) is 20.5 Å². The number of carbonyl (C=O) groups is 2. The third-order valence-electron chi connectivity index (χ3n) is 4.92. The lowest BCUT2D eigenvalue weighted by atomic mass is 10.0. The van der Waals surface area contributed by atoms with Crippen LogP contribution in [-0.2, 0) is 16.0 Å². The number of thiazole rings is 1. The highest BCUT2D eigenvalue weighted by Crippen LogP contribution is 2.35. The van der Waals surface area contributed by atoms with Gasteiger partial charge in [-0.3, -0.25) is 9.89 Å². The van der Waals surface area contributed by atoms with Gasteiger partial charge in [0.05, 0.1) is 6.42 Å². The maximum absolute atomic E-state index is 12.1. The van der Waals surface area contributed by atoms with Gasteiger partial charge in [0.2, 0.25) is 5.91 Å². The average Bonchev–Trinajstić information content (AvgIpc) is 3.36. The number of alkyl carbamates (subject to hydrolysis) is 1. The van der Waals surface area contributed by atoms with Crippen molar-refractivity contribution in [3.05, 3.63) is 27.8 Å². The Hall–Kier alpha value is -2.42. The number of aromatic amines is 1.